The van der Waals surface area contributed by atoms with Crippen LogP contribution < -0.4 is 5.32 Å². The van der Waals surface area contributed by atoms with Gasteiger partial charge in [-0.2, -0.15) is 0 Å². The SMILES string of the molecule is CCCc1ccc(C(NC)C(C)(C)N(CC)CC)cc1. The van der Waals surface area contributed by atoms with Crippen molar-refractivity contribution < 1.29 is 0 Å². The van der Waals surface area contributed by atoms with Crippen LogP contribution in [0.3, 0.4) is 0 Å². The lowest BCUT2D eigenvalue weighted by molar-refractivity contribution is 0.0944. The number of hydrogen-bond donors (Lipinski definition) is 1. The third-order valence-electron chi connectivity index (χ3n) is 4.43. The van der Waals surface area contributed by atoms with E-state index < -0.39 is 0 Å². The van der Waals surface area contributed by atoms with Crippen LogP contribution >= 0.6 is 0 Å². The van der Waals surface area contributed by atoms with Crippen LogP contribution in [0.1, 0.15) is 58.2 Å². The van der Waals surface area contributed by atoms with Gasteiger partial charge in [-0.25, -0.2) is 0 Å². The first kappa shape index (κ1) is 17.2. The minimum absolute atomic E-state index is 0.102. The van der Waals surface area contributed by atoms with E-state index in [1.807, 2.05) is 0 Å². The Morgan fingerprint density at radius 3 is 2.00 bits per heavy atom. The van der Waals surface area contributed by atoms with Crippen LogP contribution in [0, 0.1) is 0 Å². The van der Waals surface area contributed by atoms with Gasteiger partial charge in [0.05, 0.1) is 0 Å². The summed E-state index contributed by atoms with van der Waals surface area (Å²) < 4.78 is 0. The van der Waals surface area contributed by atoms with E-state index in [2.05, 4.69) is 76.1 Å². The van der Waals surface area contributed by atoms with Crippen LogP contribution in [0.5, 0.6) is 0 Å². The lowest BCUT2D eigenvalue weighted by atomic mass is 9.86. The molecule has 20 heavy (non-hydrogen) atoms. The number of rotatable bonds is 8. The summed E-state index contributed by atoms with van der Waals surface area (Å²) in [5.41, 5.74) is 2.92. The van der Waals surface area contributed by atoms with Crippen LogP contribution in [-0.4, -0.2) is 30.6 Å². The van der Waals surface area contributed by atoms with Gasteiger partial charge in [0.1, 0.15) is 0 Å². The summed E-state index contributed by atoms with van der Waals surface area (Å²) in [6.07, 6.45) is 2.38. The van der Waals surface area contributed by atoms with Crippen molar-refractivity contribution in [2.75, 3.05) is 20.1 Å². The highest BCUT2D eigenvalue weighted by atomic mass is 15.2. The fraction of sp³-hybridized carbons (Fsp3) is 0.667. The number of hydrogen-bond acceptors (Lipinski definition) is 2. The molecule has 2 nitrogen and oxygen atoms in total. The van der Waals surface area contributed by atoms with E-state index in [1.54, 1.807) is 0 Å². The molecule has 1 aromatic carbocycles. The van der Waals surface area contributed by atoms with Gasteiger partial charge in [-0.3, -0.25) is 4.90 Å². The average molecular weight is 276 g/mol. The van der Waals surface area contributed by atoms with E-state index >= 15 is 0 Å². The Kier molecular flexibility index (Phi) is 6.70. The van der Waals surface area contributed by atoms with E-state index in [0.29, 0.717) is 6.04 Å². The highest BCUT2D eigenvalue weighted by Gasteiger charge is 2.33. The minimum atomic E-state index is 0.102. The van der Waals surface area contributed by atoms with Gasteiger partial charge in [0.2, 0.25) is 0 Å². The summed E-state index contributed by atoms with van der Waals surface area (Å²) in [6, 6.07) is 9.48. The number of aryl methyl sites for hydroxylation is 1. The molecule has 0 aliphatic heterocycles. The molecule has 0 amide bonds. The molecule has 1 rings (SSSR count). The molecule has 0 fully saturated rings. The van der Waals surface area contributed by atoms with Crippen LogP contribution in [-0.2, 0) is 6.42 Å². The Balaban J connectivity index is 2.99. The van der Waals surface area contributed by atoms with Gasteiger partial charge in [-0.15, -0.1) is 0 Å². The fourth-order valence-electron chi connectivity index (χ4n) is 3.31. The number of nitrogens with one attached hydrogen (secondary N) is 1. The number of benzene rings is 1. The third-order valence-corrected chi connectivity index (χ3v) is 4.43. The Labute approximate surface area is 125 Å². The Hall–Kier alpha value is -0.860. The molecule has 1 unspecified atom stereocenters. The molecule has 0 aliphatic carbocycles. The van der Waals surface area contributed by atoms with E-state index in [9.17, 15) is 0 Å². The summed E-state index contributed by atoms with van der Waals surface area (Å²) in [6.45, 7) is 13.5. The third kappa shape index (κ3) is 3.83. The smallest absolute Gasteiger partial charge is 0.0499 e. The molecule has 0 aromatic heterocycles. The van der Waals surface area contributed by atoms with Crippen molar-refractivity contribution in [3.8, 4) is 0 Å². The molecule has 0 radical (unpaired) electrons. The van der Waals surface area contributed by atoms with Crippen molar-refractivity contribution in [1.29, 1.82) is 0 Å². The van der Waals surface area contributed by atoms with Gasteiger partial charge >= 0.3 is 0 Å². The maximum absolute atomic E-state index is 3.52. The highest BCUT2D eigenvalue weighted by Crippen LogP contribution is 2.30. The molecule has 1 aromatic rings. The zero-order valence-corrected chi connectivity index (χ0v) is 14.2. The van der Waals surface area contributed by atoms with Crippen LogP contribution in [0.25, 0.3) is 0 Å². The normalized spacial score (nSPS) is 13.8. The predicted octanol–water partition coefficient (Wildman–Crippen LogP) is 4.02. The first-order valence-electron chi connectivity index (χ1n) is 8.02. The maximum Gasteiger partial charge on any atom is 0.0499 e. The van der Waals surface area contributed by atoms with Crippen molar-refractivity contribution in [2.45, 2.75) is 59.0 Å². The van der Waals surface area contributed by atoms with Gasteiger partial charge < -0.3 is 5.32 Å². The van der Waals surface area contributed by atoms with Gasteiger partial charge in [0, 0.05) is 11.6 Å². The number of likely N-dealkylation sites (N-methyl/N-ethyl adjacent to an activating group) is 2. The van der Waals surface area contributed by atoms with Gasteiger partial charge in [0.25, 0.3) is 0 Å². The standard InChI is InChI=1S/C18H32N2/c1-7-10-15-11-13-16(14-12-15)17(19-6)18(4,5)20(8-2)9-3/h11-14,17,19H,7-10H2,1-6H3. The first-order valence-corrected chi connectivity index (χ1v) is 8.02. The van der Waals surface area contributed by atoms with Gasteiger partial charge in [-0.1, -0.05) is 51.5 Å². The highest BCUT2D eigenvalue weighted by molar-refractivity contribution is 5.27. The zero-order chi connectivity index (χ0) is 15.2. The topological polar surface area (TPSA) is 15.3 Å². The van der Waals surface area contributed by atoms with E-state index in [0.717, 1.165) is 13.1 Å². The van der Waals surface area contributed by atoms with E-state index in [-0.39, 0.29) is 5.54 Å². The predicted molar refractivity (Wildman–Crippen MR) is 89.2 cm³/mol. The summed E-state index contributed by atoms with van der Waals surface area (Å²) in [4.78, 5) is 2.52. The molecule has 0 spiro atoms. The summed E-state index contributed by atoms with van der Waals surface area (Å²) >= 11 is 0. The van der Waals surface area contributed by atoms with Crippen molar-refractivity contribution in [1.82, 2.24) is 10.2 Å². The molecule has 0 saturated heterocycles. The first-order chi connectivity index (χ1) is 9.51. The van der Waals surface area contributed by atoms with Gasteiger partial charge in [0.15, 0.2) is 0 Å². The van der Waals surface area contributed by atoms with Crippen molar-refractivity contribution >= 4 is 0 Å². The van der Waals surface area contributed by atoms with Crippen molar-refractivity contribution in [3.05, 3.63) is 35.4 Å². The monoisotopic (exact) mass is 276 g/mol. The van der Waals surface area contributed by atoms with Crippen molar-refractivity contribution in [3.63, 3.8) is 0 Å². The molecule has 1 N–H and O–H groups in total. The minimum Gasteiger partial charge on any atom is -0.311 e. The summed E-state index contributed by atoms with van der Waals surface area (Å²) in [5.74, 6) is 0. The molecule has 114 valence electrons. The molecule has 0 heterocycles. The van der Waals surface area contributed by atoms with Crippen LogP contribution in [0.4, 0.5) is 0 Å². The fourth-order valence-corrected chi connectivity index (χ4v) is 3.31. The quantitative estimate of drug-likeness (QED) is 0.771. The molecular formula is C18H32N2. The second-order valence-corrected chi connectivity index (χ2v) is 6.04. The summed E-state index contributed by atoms with van der Waals surface area (Å²) in [5, 5.41) is 3.52. The summed E-state index contributed by atoms with van der Waals surface area (Å²) in [7, 11) is 2.07. The largest absolute Gasteiger partial charge is 0.311 e. The lowest BCUT2D eigenvalue weighted by Crippen LogP contribution is -2.51. The maximum atomic E-state index is 3.52. The molecule has 0 saturated carbocycles. The van der Waals surface area contributed by atoms with Crippen molar-refractivity contribution in [2.24, 2.45) is 0 Å². The second kappa shape index (κ2) is 7.80. The zero-order valence-electron chi connectivity index (χ0n) is 14.2. The molecule has 1 atom stereocenters. The lowest BCUT2D eigenvalue weighted by Gasteiger charge is -2.43. The Bertz CT molecular complexity index is 377. The molecule has 2 heteroatoms. The number of nitrogens with zero attached hydrogens (tertiary/aromatic N) is 1. The average Bonchev–Trinajstić information content (AvgIpc) is 2.42. The molecule has 0 aliphatic rings. The molecular weight excluding hydrogens is 244 g/mol. The Morgan fingerprint density at radius 2 is 1.60 bits per heavy atom. The Morgan fingerprint density at radius 1 is 1.05 bits per heavy atom. The molecule has 0 bridgehead atoms. The van der Waals surface area contributed by atoms with Gasteiger partial charge in [-0.05, 0) is 51.5 Å². The van der Waals surface area contributed by atoms with E-state index in [4.69, 9.17) is 0 Å². The van der Waals surface area contributed by atoms with E-state index in [1.165, 1.54) is 24.0 Å². The van der Waals surface area contributed by atoms with Crippen LogP contribution in [0.15, 0.2) is 24.3 Å². The second-order valence-electron chi connectivity index (χ2n) is 6.04. The van der Waals surface area contributed by atoms with Crippen LogP contribution in [0.2, 0.25) is 0 Å².